The minimum Gasteiger partial charge on any atom is -1.00 e. The van der Waals surface area contributed by atoms with E-state index in [1.54, 1.807) is 0 Å². The van der Waals surface area contributed by atoms with Gasteiger partial charge in [-0.1, -0.05) is 13.8 Å². The van der Waals surface area contributed by atoms with Crippen LogP contribution in [0.3, 0.4) is 0 Å². The molecule has 0 N–H and O–H groups in total. The van der Waals surface area contributed by atoms with Crippen LogP contribution >= 0.6 is 0 Å². The first kappa shape index (κ1) is 22.4. The van der Waals surface area contributed by atoms with Crippen LogP contribution in [0.25, 0.3) is 0 Å². The van der Waals surface area contributed by atoms with Gasteiger partial charge in [0.15, 0.2) is 0 Å². The molecule has 0 radical (unpaired) electrons. The van der Waals surface area contributed by atoms with Crippen molar-refractivity contribution < 1.29 is 49.0 Å². The summed E-state index contributed by atoms with van der Waals surface area (Å²) in [5.74, 6) is 0. The molecule has 1 aliphatic carbocycles. The van der Waals surface area contributed by atoms with E-state index in [0.717, 1.165) is 6.42 Å². The fourth-order valence-corrected chi connectivity index (χ4v) is 1.06. The Bertz CT molecular complexity index is 298. The summed E-state index contributed by atoms with van der Waals surface area (Å²) in [5, 5.41) is 0. The van der Waals surface area contributed by atoms with Crippen molar-refractivity contribution in [3.63, 3.8) is 0 Å². The first-order valence-electron chi connectivity index (χ1n) is 5.07. The SMILES string of the molecule is C[CH]=[Zr+2].Cc1cc[c-](C)c1.[C-]1=CC=CC1.[Cl-].[Cl-]. The van der Waals surface area contributed by atoms with Gasteiger partial charge in [0.1, 0.15) is 0 Å². The minimum absolute atomic E-state index is 0. The average Bonchev–Trinajstić information content (AvgIpc) is 2.81. The van der Waals surface area contributed by atoms with Gasteiger partial charge in [0.25, 0.3) is 0 Å². The second-order valence-electron chi connectivity index (χ2n) is 3.26. The molecule has 17 heavy (non-hydrogen) atoms. The second-order valence-corrected chi connectivity index (χ2v) is 4.68. The molecule has 0 fully saturated rings. The molecular formula is C14H18Cl2Zr-2. The molecule has 0 nitrogen and oxygen atoms in total. The average molecular weight is 348 g/mol. The molecule has 1 aliphatic rings. The van der Waals surface area contributed by atoms with Crippen LogP contribution in [0.5, 0.6) is 0 Å². The van der Waals surface area contributed by atoms with E-state index in [2.05, 4.69) is 47.9 Å². The molecule has 0 unspecified atom stereocenters. The van der Waals surface area contributed by atoms with Crippen molar-refractivity contribution in [3.8, 4) is 0 Å². The smallest absolute Gasteiger partial charge is 0.0860 e. The van der Waals surface area contributed by atoms with Gasteiger partial charge in [-0.3, -0.25) is 6.08 Å². The van der Waals surface area contributed by atoms with E-state index in [9.17, 15) is 0 Å². The van der Waals surface area contributed by atoms with Gasteiger partial charge >= 0.3 is 34.9 Å². The van der Waals surface area contributed by atoms with E-state index in [0.29, 0.717) is 0 Å². The summed E-state index contributed by atoms with van der Waals surface area (Å²) in [6.07, 6.45) is 10.0. The third-order valence-corrected chi connectivity index (χ3v) is 1.65. The Morgan fingerprint density at radius 2 is 2.00 bits per heavy atom. The van der Waals surface area contributed by atoms with E-state index in [4.69, 9.17) is 0 Å². The molecule has 2 rings (SSSR count). The van der Waals surface area contributed by atoms with Gasteiger partial charge in [0.2, 0.25) is 0 Å². The van der Waals surface area contributed by atoms with Crippen LogP contribution in [-0.2, 0) is 24.2 Å². The van der Waals surface area contributed by atoms with Gasteiger partial charge in [0.05, 0.1) is 0 Å². The first-order valence-corrected chi connectivity index (χ1v) is 6.49. The molecule has 0 aromatic heterocycles. The molecule has 3 heteroatoms. The van der Waals surface area contributed by atoms with E-state index >= 15 is 0 Å². The standard InChI is InChI=1S/C7H9.C5H5.C2H4.2ClH.Zr/c1-6-3-4-7(2)5-6;1-2-4-5-3-1;1-2;;;/h3-5H,1-2H3;1-3H,4H2;1H,2H3;2*1H;/q2*-1;;;;+2/p-2. The van der Waals surface area contributed by atoms with Crippen molar-refractivity contribution in [1.82, 2.24) is 0 Å². The van der Waals surface area contributed by atoms with Gasteiger partial charge in [-0.2, -0.15) is 23.8 Å². The van der Waals surface area contributed by atoms with Gasteiger partial charge < -0.3 is 24.8 Å². The summed E-state index contributed by atoms with van der Waals surface area (Å²) in [6.45, 7) is 6.25. The van der Waals surface area contributed by atoms with Gasteiger partial charge in [-0.25, -0.2) is 23.8 Å². The second kappa shape index (κ2) is 16.2. The van der Waals surface area contributed by atoms with Crippen molar-refractivity contribution >= 4 is 3.71 Å². The van der Waals surface area contributed by atoms with Crippen LogP contribution in [0.1, 0.15) is 24.5 Å². The summed E-state index contributed by atoms with van der Waals surface area (Å²) in [6, 6.07) is 6.41. The predicted molar refractivity (Wildman–Crippen MR) is 64.8 cm³/mol. The minimum atomic E-state index is 0. The third kappa shape index (κ3) is 16.2. The molecule has 0 amide bonds. The Kier molecular flexibility index (Phi) is 21.3. The predicted octanol–water partition coefficient (Wildman–Crippen LogP) is -2.31. The first-order chi connectivity index (χ1) is 7.20. The Morgan fingerprint density at radius 1 is 1.41 bits per heavy atom. The van der Waals surface area contributed by atoms with Crippen molar-refractivity contribution in [2.24, 2.45) is 0 Å². The van der Waals surface area contributed by atoms with Crippen molar-refractivity contribution in [2.45, 2.75) is 27.2 Å². The van der Waals surface area contributed by atoms with Crippen LogP contribution in [0, 0.1) is 19.9 Å². The monoisotopic (exact) mass is 346 g/mol. The van der Waals surface area contributed by atoms with Crippen LogP contribution in [0.15, 0.2) is 36.4 Å². The fourth-order valence-electron chi connectivity index (χ4n) is 1.06. The van der Waals surface area contributed by atoms with Crippen LogP contribution < -0.4 is 24.8 Å². The molecule has 0 aliphatic heterocycles. The summed E-state index contributed by atoms with van der Waals surface area (Å²) in [5.41, 5.74) is 2.72. The normalized spacial score (nSPS) is 9.94. The van der Waals surface area contributed by atoms with Gasteiger partial charge in [-0.15, -0.1) is 6.42 Å². The number of rotatable bonds is 0. The Balaban J connectivity index is -0.000000176. The van der Waals surface area contributed by atoms with Crippen molar-refractivity contribution in [2.75, 3.05) is 0 Å². The zero-order valence-electron chi connectivity index (χ0n) is 10.5. The van der Waals surface area contributed by atoms with Crippen molar-refractivity contribution in [3.05, 3.63) is 53.6 Å². The Morgan fingerprint density at radius 3 is 2.12 bits per heavy atom. The largest absolute Gasteiger partial charge is 1.00 e. The van der Waals surface area contributed by atoms with Gasteiger partial charge in [-0.05, 0) is 0 Å². The number of halogens is 2. The molecular weight excluding hydrogens is 330 g/mol. The summed E-state index contributed by atoms with van der Waals surface area (Å²) in [4.78, 5) is 0. The molecule has 0 saturated carbocycles. The molecule has 94 valence electrons. The van der Waals surface area contributed by atoms with Crippen LogP contribution in [-0.4, -0.2) is 3.71 Å². The maximum Gasteiger partial charge on any atom is -0.0860 e. The molecule has 1 aromatic carbocycles. The third-order valence-electron chi connectivity index (χ3n) is 1.65. The van der Waals surface area contributed by atoms with Crippen LogP contribution in [0.2, 0.25) is 0 Å². The Labute approximate surface area is 133 Å². The maximum absolute atomic E-state index is 2.99. The number of hydrogen-bond donors (Lipinski definition) is 0. The molecule has 0 spiro atoms. The number of allylic oxidation sites excluding steroid dienone is 4. The van der Waals surface area contributed by atoms with Gasteiger partial charge in [0, 0.05) is 0 Å². The molecule has 0 bridgehead atoms. The van der Waals surface area contributed by atoms with E-state index in [1.807, 2.05) is 19.1 Å². The summed E-state index contributed by atoms with van der Waals surface area (Å²) < 4.78 is 2.09. The zero-order chi connectivity index (χ0) is 11.5. The summed E-state index contributed by atoms with van der Waals surface area (Å²) >= 11 is 1.51. The van der Waals surface area contributed by atoms with E-state index in [1.165, 1.54) is 35.4 Å². The molecule has 1 aromatic rings. The quantitative estimate of drug-likeness (QED) is 0.463. The molecule has 0 saturated heterocycles. The van der Waals surface area contributed by atoms with E-state index < -0.39 is 0 Å². The molecule has 0 heterocycles. The van der Waals surface area contributed by atoms with Crippen molar-refractivity contribution in [1.29, 1.82) is 0 Å². The topological polar surface area (TPSA) is 0 Å². The molecule has 0 atom stereocenters. The Hall–Kier alpha value is 0.163. The fraction of sp³-hybridized carbons (Fsp3) is 0.286. The van der Waals surface area contributed by atoms with Crippen LogP contribution in [0.4, 0.5) is 0 Å². The zero-order valence-corrected chi connectivity index (χ0v) is 14.5. The number of hydrogen-bond acceptors (Lipinski definition) is 0. The van der Waals surface area contributed by atoms with E-state index in [-0.39, 0.29) is 24.8 Å². The summed E-state index contributed by atoms with van der Waals surface area (Å²) in [7, 11) is 0. The maximum atomic E-state index is 2.99. The number of aryl methyl sites for hydroxylation is 2.